The van der Waals surface area contributed by atoms with E-state index < -0.39 is 0 Å². The number of aryl methyl sites for hydroxylation is 2. The van der Waals surface area contributed by atoms with Crippen LogP contribution in [0.25, 0.3) is 0 Å². The molecule has 1 N–H and O–H groups in total. The van der Waals surface area contributed by atoms with Crippen molar-refractivity contribution >= 4 is 5.91 Å². The average molecular weight is 325 g/mol. The number of hydrogen-bond donors (Lipinski definition) is 1. The zero-order valence-electron chi connectivity index (χ0n) is 14.8. The molecule has 24 heavy (non-hydrogen) atoms. The molecule has 0 saturated carbocycles. The maximum Gasteiger partial charge on any atom is 0.220 e. The number of amides is 1. The highest BCUT2D eigenvalue weighted by Gasteiger charge is 2.13. The van der Waals surface area contributed by atoms with E-state index in [2.05, 4.69) is 44.3 Å². The lowest BCUT2D eigenvalue weighted by Crippen LogP contribution is -2.28. The smallest absolute Gasteiger partial charge is 0.220 e. The quantitative estimate of drug-likeness (QED) is 0.713. The van der Waals surface area contributed by atoms with Gasteiger partial charge in [-0.3, -0.25) is 4.79 Å². The van der Waals surface area contributed by atoms with E-state index in [9.17, 15) is 4.79 Å². The summed E-state index contributed by atoms with van der Waals surface area (Å²) in [5.74, 6) is 0.927. The first kappa shape index (κ1) is 18.1. The molecule has 1 atom stereocenters. The molecule has 0 heterocycles. The Morgan fingerprint density at radius 1 is 1.08 bits per heavy atom. The predicted molar refractivity (Wildman–Crippen MR) is 98.3 cm³/mol. The molecule has 0 bridgehead atoms. The van der Waals surface area contributed by atoms with Crippen LogP contribution in [-0.2, 0) is 4.79 Å². The van der Waals surface area contributed by atoms with Crippen LogP contribution < -0.4 is 10.1 Å². The third-order valence-corrected chi connectivity index (χ3v) is 4.24. The van der Waals surface area contributed by atoms with Gasteiger partial charge in [-0.1, -0.05) is 43.3 Å². The van der Waals surface area contributed by atoms with Crippen molar-refractivity contribution in [1.82, 2.24) is 5.32 Å². The molecule has 3 heteroatoms. The third-order valence-electron chi connectivity index (χ3n) is 4.24. The molecule has 0 aliphatic carbocycles. The van der Waals surface area contributed by atoms with Gasteiger partial charge in [-0.15, -0.1) is 0 Å². The van der Waals surface area contributed by atoms with Crippen molar-refractivity contribution in [2.45, 2.75) is 46.1 Å². The second-order valence-corrected chi connectivity index (χ2v) is 6.14. The van der Waals surface area contributed by atoms with E-state index >= 15 is 0 Å². The van der Waals surface area contributed by atoms with Crippen LogP contribution in [0.5, 0.6) is 5.75 Å². The first-order valence-corrected chi connectivity index (χ1v) is 8.64. The van der Waals surface area contributed by atoms with Crippen molar-refractivity contribution in [2.24, 2.45) is 0 Å². The standard InChI is InChI=1S/C21H27NO2/c1-4-20(18-13-12-16(2)17(3)15-18)22-21(23)11-8-14-24-19-9-6-5-7-10-19/h5-7,9-10,12-13,15,20H,4,8,11,14H2,1-3H3,(H,22,23). The number of carbonyl (C=O) groups excluding carboxylic acids is 1. The molecule has 0 fully saturated rings. The van der Waals surface area contributed by atoms with Gasteiger partial charge in [0.2, 0.25) is 5.91 Å². The van der Waals surface area contributed by atoms with Crippen LogP contribution in [0.3, 0.4) is 0 Å². The minimum absolute atomic E-state index is 0.0758. The second kappa shape index (κ2) is 9.11. The molecule has 0 saturated heterocycles. The Labute approximate surface area is 145 Å². The Bertz CT molecular complexity index is 652. The normalized spacial score (nSPS) is 11.8. The molecule has 2 aromatic carbocycles. The Kier molecular flexibility index (Phi) is 6.86. The van der Waals surface area contributed by atoms with Crippen molar-refractivity contribution < 1.29 is 9.53 Å². The summed E-state index contributed by atoms with van der Waals surface area (Å²) in [5, 5.41) is 3.13. The fourth-order valence-corrected chi connectivity index (χ4v) is 2.61. The molecule has 0 aliphatic rings. The van der Waals surface area contributed by atoms with Crippen molar-refractivity contribution in [3.05, 3.63) is 65.2 Å². The summed E-state index contributed by atoms with van der Waals surface area (Å²) < 4.78 is 5.62. The Hall–Kier alpha value is -2.29. The van der Waals surface area contributed by atoms with Gasteiger partial charge in [0.05, 0.1) is 12.6 Å². The summed E-state index contributed by atoms with van der Waals surface area (Å²) in [6.45, 7) is 6.86. The molecule has 0 spiro atoms. The van der Waals surface area contributed by atoms with Crippen LogP contribution in [0.4, 0.5) is 0 Å². The van der Waals surface area contributed by atoms with Gasteiger partial charge in [-0.2, -0.15) is 0 Å². The van der Waals surface area contributed by atoms with Gasteiger partial charge in [0, 0.05) is 6.42 Å². The third kappa shape index (κ3) is 5.41. The lowest BCUT2D eigenvalue weighted by atomic mass is 9.99. The molecule has 0 radical (unpaired) electrons. The van der Waals surface area contributed by atoms with E-state index in [1.54, 1.807) is 0 Å². The Morgan fingerprint density at radius 2 is 1.83 bits per heavy atom. The number of ether oxygens (including phenoxy) is 1. The molecule has 1 amide bonds. The summed E-state index contributed by atoms with van der Waals surface area (Å²) in [6, 6.07) is 16.2. The van der Waals surface area contributed by atoms with E-state index in [0.29, 0.717) is 19.4 Å². The SMILES string of the molecule is CCC(NC(=O)CCCOc1ccccc1)c1ccc(C)c(C)c1. The highest BCUT2D eigenvalue weighted by Crippen LogP contribution is 2.20. The summed E-state index contributed by atoms with van der Waals surface area (Å²) in [6.07, 6.45) is 2.08. The summed E-state index contributed by atoms with van der Waals surface area (Å²) >= 11 is 0. The Balaban J connectivity index is 1.78. The van der Waals surface area contributed by atoms with Crippen molar-refractivity contribution in [3.63, 3.8) is 0 Å². The minimum Gasteiger partial charge on any atom is -0.494 e. The molecular weight excluding hydrogens is 298 g/mol. The van der Waals surface area contributed by atoms with Crippen LogP contribution >= 0.6 is 0 Å². The lowest BCUT2D eigenvalue weighted by Gasteiger charge is -2.18. The number of hydrogen-bond acceptors (Lipinski definition) is 2. The van der Waals surface area contributed by atoms with Crippen molar-refractivity contribution in [2.75, 3.05) is 6.61 Å². The minimum atomic E-state index is 0.0758. The first-order chi connectivity index (χ1) is 11.6. The van der Waals surface area contributed by atoms with Crippen LogP contribution in [0.15, 0.2) is 48.5 Å². The van der Waals surface area contributed by atoms with Gasteiger partial charge >= 0.3 is 0 Å². The average Bonchev–Trinajstić information content (AvgIpc) is 2.60. The first-order valence-electron chi connectivity index (χ1n) is 8.64. The molecule has 0 aliphatic heterocycles. The van der Waals surface area contributed by atoms with Crippen LogP contribution in [0.1, 0.15) is 48.9 Å². The fraction of sp³-hybridized carbons (Fsp3) is 0.381. The number of rotatable bonds is 8. The van der Waals surface area contributed by atoms with Gasteiger partial charge in [0.1, 0.15) is 5.75 Å². The van der Waals surface area contributed by atoms with Crippen LogP contribution in [-0.4, -0.2) is 12.5 Å². The summed E-state index contributed by atoms with van der Waals surface area (Å²) in [4.78, 5) is 12.2. The number of carbonyl (C=O) groups is 1. The second-order valence-electron chi connectivity index (χ2n) is 6.14. The van der Waals surface area contributed by atoms with E-state index in [0.717, 1.165) is 12.2 Å². The molecule has 128 valence electrons. The van der Waals surface area contributed by atoms with Crippen molar-refractivity contribution in [3.8, 4) is 5.75 Å². The van der Waals surface area contributed by atoms with Crippen LogP contribution in [0.2, 0.25) is 0 Å². The highest BCUT2D eigenvalue weighted by atomic mass is 16.5. The highest BCUT2D eigenvalue weighted by molar-refractivity contribution is 5.76. The predicted octanol–water partition coefficient (Wildman–Crippen LogP) is 4.73. The molecule has 2 aromatic rings. The monoisotopic (exact) mass is 325 g/mol. The van der Waals surface area contributed by atoms with E-state index in [1.807, 2.05) is 30.3 Å². The van der Waals surface area contributed by atoms with Gasteiger partial charge in [-0.25, -0.2) is 0 Å². The maximum atomic E-state index is 12.2. The van der Waals surface area contributed by atoms with E-state index in [-0.39, 0.29) is 11.9 Å². The zero-order chi connectivity index (χ0) is 17.4. The van der Waals surface area contributed by atoms with Gasteiger partial charge in [-0.05, 0) is 55.5 Å². The number of nitrogens with one attached hydrogen (secondary N) is 1. The molecular formula is C21H27NO2. The molecule has 3 nitrogen and oxygen atoms in total. The largest absolute Gasteiger partial charge is 0.494 e. The topological polar surface area (TPSA) is 38.3 Å². The maximum absolute atomic E-state index is 12.2. The zero-order valence-corrected chi connectivity index (χ0v) is 14.8. The van der Waals surface area contributed by atoms with E-state index in [1.165, 1.54) is 16.7 Å². The number of benzene rings is 2. The van der Waals surface area contributed by atoms with Crippen molar-refractivity contribution in [1.29, 1.82) is 0 Å². The van der Waals surface area contributed by atoms with Crippen LogP contribution in [0, 0.1) is 13.8 Å². The molecule has 1 unspecified atom stereocenters. The lowest BCUT2D eigenvalue weighted by molar-refractivity contribution is -0.122. The molecule has 2 rings (SSSR count). The Morgan fingerprint density at radius 3 is 2.50 bits per heavy atom. The van der Waals surface area contributed by atoms with Gasteiger partial charge in [0.15, 0.2) is 0 Å². The number of para-hydroxylation sites is 1. The van der Waals surface area contributed by atoms with Gasteiger partial charge in [0.25, 0.3) is 0 Å². The van der Waals surface area contributed by atoms with E-state index in [4.69, 9.17) is 4.74 Å². The summed E-state index contributed by atoms with van der Waals surface area (Å²) in [5.41, 5.74) is 3.71. The molecule has 0 aromatic heterocycles. The fourth-order valence-electron chi connectivity index (χ4n) is 2.61. The summed E-state index contributed by atoms with van der Waals surface area (Å²) in [7, 11) is 0. The van der Waals surface area contributed by atoms with Gasteiger partial charge < -0.3 is 10.1 Å².